The van der Waals surface area contributed by atoms with Gasteiger partial charge in [-0.2, -0.15) is 0 Å². The highest BCUT2D eigenvalue weighted by molar-refractivity contribution is 9.10. The van der Waals surface area contributed by atoms with E-state index in [1.54, 1.807) is 36.4 Å². The molecule has 0 saturated heterocycles. The maximum absolute atomic E-state index is 13.7. The van der Waals surface area contributed by atoms with Crippen molar-refractivity contribution in [2.24, 2.45) is 0 Å². The Morgan fingerprint density at radius 2 is 2.04 bits per heavy atom. The maximum atomic E-state index is 13.7. The normalized spacial score (nSPS) is 10.8. The molecule has 1 heterocycles. The molecule has 5 nitrogen and oxygen atoms in total. The van der Waals surface area contributed by atoms with E-state index in [9.17, 15) is 14.0 Å². The Morgan fingerprint density at radius 3 is 2.88 bits per heavy atom. The van der Waals surface area contributed by atoms with E-state index in [4.69, 9.17) is 0 Å². The summed E-state index contributed by atoms with van der Waals surface area (Å²) in [6.07, 6.45) is 1.18. The third-order valence-electron chi connectivity index (χ3n) is 3.54. The lowest BCUT2D eigenvalue weighted by atomic mass is 10.2. The highest BCUT2D eigenvalue weighted by Crippen LogP contribution is 2.15. The Labute approximate surface area is 145 Å². The summed E-state index contributed by atoms with van der Waals surface area (Å²) in [6, 6.07) is 11.6. The van der Waals surface area contributed by atoms with Crippen LogP contribution in [-0.4, -0.2) is 15.5 Å². The van der Waals surface area contributed by atoms with Crippen LogP contribution in [0.3, 0.4) is 0 Å². The van der Waals surface area contributed by atoms with Crippen LogP contribution in [0.1, 0.15) is 5.56 Å². The second kappa shape index (κ2) is 6.92. The van der Waals surface area contributed by atoms with Crippen LogP contribution in [0.5, 0.6) is 0 Å². The summed E-state index contributed by atoms with van der Waals surface area (Å²) < 4.78 is 15.8. The van der Waals surface area contributed by atoms with E-state index in [0.29, 0.717) is 16.6 Å². The lowest BCUT2D eigenvalue weighted by Crippen LogP contribution is -2.32. The van der Waals surface area contributed by atoms with Crippen molar-refractivity contribution < 1.29 is 9.18 Å². The highest BCUT2D eigenvalue weighted by atomic mass is 79.9. The van der Waals surface area contributed by atoms with E-state index in [0.717, 1.165) is 4.47 Å². The number of halogens is 2. The molecule has 0 spiro atoms. The van der Waals surface area contributed by atoms with Crippen LogP contribution in [0.15, 0.2) is 57.9 Å². The maximum Gasteiger partial charge on any atom is 0.269 e. The molecule has 0 atom stereocenters. The molecule has 1 N–H and O–H groups in total. The van der Waals surface area contributed by atoms with Crippen molar-refractivity contribution in [2.75, 3.05) is 0 Å². The van der Waals surface area contributed by atoms with Crippen molar-refractivity contribution in [3.8, 4) is 0 Å². The van der Waals surface area contributed by atoms with Gasteiger partial charge in [-0.1, -0.05) is 28.1 Å². The van der Waals surface area contributed by atoms with Crippen LogP contribution in [0.4, 0.5) is 4.39 Å². The molecule has 0 aliphatic carbocycles. The zero-order chi connectivity index (χ0) is 17.1. The topological polar surface area (TPSA) is 64.0 Å². The third-order valence-corrected chi connectivity index (χ3v) is 4.03. The van der Waals surface area contributed by atoms with Crippen molar-refractivity contribution in [2.45, 2.75) is 13.1 Å². The fourth-order valence-electron chi connectivity index (χ4n) is 2.35. The van der Waals surface area contributed by atoms with Gasteiger partial charge < -0.3 is 5.32 Å². The zero-order valence-electron chi connectivity index (χ0n) is 12.5. The van der Waals surface area contributed by atoms with Crippen molar-refractivity contribution in [3.05, 3.63) is 74.9 Å². The predicted octanol–water partition coefficient (Wildman–Crippen LogP) is 2.61. The summed E-state index contributed by atoms with van der Waals surface area (Å²) >= 11 is 3.26. The van der Waals surface area contributed by atoms with Gasteiger partial charge in [0.25, 0.3) is 5.56 Å². The minimum Gasteiger partial charge on any atom is -0.350 e. The predicted molar refractivity (Wildman–Crippen MR) is 91.9 cm³/mol. The summed E-state index contributed by atoms with van der Waals surface area (Å²) in [6.45, 7) is -0.112. The van der Waals surface area contributed by atoms with Gasteiger partial charge in [-0.05, 0) is 30.3 Å². The van der Waals surface area contributed by atoms with E-state index in [1.165, 1.54) is 16.8 Å². The van der Waals surface area contributed by atoms with Crippen LogP contribution in [0.2, 0.25) is 0 Å². The number of carbonyl (C=O) groups is 1. The lowest BCUT2D eigenvalue weighted by molar-refractivity contribution is -0.121. The Balaban J connectivity index is 1.77. The van der Waals surface area contributed by atoms with Gasteiger partial charge in [0.2, 0.25) is 5.91 Å². The standard InChI is InChI=1S/C17H13BrFN3O2/c18-12-5-6-13(19)11(7-12)8-21-16(23)10-22-15-4-2-1-3-14(15)20-9-17(22)24/h1-7,9H,8,10H2,(H,21,23). The first kappa shape index (κ1) is 16.3. The number of nitrogens with zero attached hydrogens (tertiary/aromatic N) is 2. The van der Waals surface area contributed by atoms with Gasteiger partial charge in [0.05, 0.1) is 17.2 Å². The number of amides is 1. The molecule has 0 fully saturated rings. The van der Waals surface area contributed by atoms with Gasteiger partial charge in [0.15, 0.2) is 0 Å². The Morgan fingerprint density at radius 1 is 1.25 bits per heavy atom. The SMILES string of the molecule is O=C(Cn1c(=O)cnc2ccccc21)NCc1cc(Br)ccc1F. The van der Waals surface area contributed by atoms with Crippen LogP contribution >= 0.6 is 15.9 Å². The minimum atomic E-state index is -0.398. The number of hydrogen-bond acceptors (Lipinski definition) is 3. The second-order valence-corrected chi connectivity index (χ2v) is 6.10. The molecular weight excluding hydrogens is 377 g/mol. The fraction of sp³-hybridized carbons (Fsp3) is 0.118. The molecular formula is C17H13BrFN3O2. The first-order valence-corrected chi connectivity index (χ1v) is 7.99. The van der Waals surface area contributed by atoms with Crippen LogP contribution < -0.4 is 10.9 Å². The van der Waals surface area contributed by atoms with Gasteiger partial charge in [-0.25, -0.2) is 9.37 Å². The van der Waals surface area contributed by atoms with Crippen molar-refractivity contribution in [1.82, 2.24) is 14.9 Å². The molecule has 0 bridgehead atoms. The number of aromatic nitrogens is 2. The Kier molecular flexibility index (Phi) is 4.71. The average Bonchev–Trinajstić information content (AvgIpc) is 2.58. The number of para-hydroxylation sites is 2. The number of fused-ring (bicyclic) bond motifs is 1. The molecule has 3 aromatic rings. The van der Waals surface area contributed by atoms with Gasteiger partial charge in [-0.3, -0.25) is 14.2 Å². The van der Waals surface area contributed by atoms with E-state index in [1.807, 2.05) is 0 Å². The molecule has 0 radical (unpaired) electrons. The Hall–Kier alpha value is -2.54. The molecule has 24 heavy (non-hydrogen) atoms. The summed E-state index contributed by atoms with van der Waals surface area (Å²) in [7, 11) is 0. The second-order valence-electron chi connectivity index (χ2n) is 5.18. The molecule has 0 aliphatic heterocycles. The summed E-state index contributed by atoms with van der Waals surface area (Å²) in [5.41, 5.74) is 1.21. The van der Waals surface area contributed by atoms with Gasteiger partial charge in [0.1, 0.15) is 12.4 Å². The van der Waals surface area contributed by atoms with Crippen molar-refractivity contribution in [1.29, 1.82) is 0 Å². The molecule has 1 aromatic heterocycles. The third kappa shape index (κ3) is 3.51. The van der Waals surface area contributed by atoms with Crippen LogP contribution in [0, 0.1) is 5.82 Å². The van der Waals surface area contributed by atoms with Crippen molar-refractivity contribution in [3.63, 3.8) is 0 Å². The molecule has 0 aliphatic rings. The smallest absolute Gasteiger partial charge is 0.269 e. The van der Waals surface area contributed by atoms with Gasteiger partial charge in [0, 0.05) is 16.6 Å². The monoisotopic (exact) mass is 389 g/mol. The number of benzene rings is 2. The largest absolute Gasteiger partial charge is 0.350 e. The summed E-state index contributed by atoms with van der Waals surface area (Å²) in [4.78, 5) is 28.2. The van der Waals surface area contributed by atoms with Gasteiger partial charge >= 0.3 is 0 Å². The molecule has 1 amide bonds. The highest BCUT2D eigenvalue weighted by Gasteiger charge is 2.10. The van der Waals surface area contributed by atoms with E-state index < -0.39 is 5.82 Å². The van der Waals surface area contributed by atoms with Gasteiger partial charge in [-0.15, -0.1) is 0 Å². The summed E-state index contributed by atoms with van der Waals surface area (Å²) in [5.74, 6) is -0.780. The first-order valence-electron chi connectivity index (χ1n) is 7.20. The van der Waals surface area contributed by atoms with E-state index in [-0.39, 0.29) is 24.6 Å². The van der Waals surface area contributed by atoms with Crippen LogP contribution in [-0.2, 0) is 17.9 Å². The van der Waals surface area contributed by atoms with E-state index >= 15 is 0 Å². The molecule has 0 saturated carbocycles. The fourth-order valence-corrected chi connectivity index (χ4v) is 2.76. The lowest BCUT2D eigenvalue weighted by Gasteiger charge is -2.10. The minimum absolute atomic E-state index is 0.0435. The molecule has 122 valence electrons. The van der Waals surface area contributed by atoms with E-state index in [2.05, 4.69) is 26.2 Å². The Bertz CT molecular complexity index is 971. The molecule has 0 unspecified atom stereocenters. The quantitative estimate of drug-likeness (QED) is 0.745. The average molecular weight is 390 g/mol. The number of hydrogen-bond donors (Lipinski definition) is 1. The van der Waals surface area contributed by atoms with Crippen LogP contribution in [0.25, 0.3) is 11.0 Å². The molecule has 7 heteroatoms. The number of carbonyl (C=O) groups excluding carboxylic acids is 1. The zero-order valence-corrected chi connectivity index (χ0v) is 14.1. The number of rotatable bonds is 4. The molecule has 2 aromatic carbocycles. The first-order chi connectivity index (χ1) is 11.5. The molecule has 3 rings (SSSR count). The number of nitrogens with one attached hydrogen (secondary N) is 1. The summed E-state index contributed by atoms with van der Waals surface area (Å²) in [5, 5.41) is 2.63. The van der Waals surface area contributed by atoms with Crippen molar-refractivity contribution >= 4 is 32.9 Å².